The summed E-state index contributed by atoms with van der Waals surface area (Å²) in [5.74, 6) is 1.08. The van der Waals surface area contributed by atoms with Gasteiger partial charge in [0.05, 0.1) is 0 Å². The van der Waals surface area contributed by atoms with E-state index >= 15 is 0 Å². The Bertz CT molecular complexity index is 139. The maximum Gasteiger partial charge on any atom is 0.229 e. The van der Waals surface area contributed by atoms with Gasteiger partial charge in [0.2, 0.25) is 5.54 Å². The second-order valence-electron chi connectivity index (χ2n) is 3.80. The fourth-order valence-corrected chi connectivity index (χ4v) is 0.918. The molecule has 0 amide bonds. The lowest BCUT2D eigenvalue weighted by atomic mass is 9.82. The minimum absolute atomic E-state index is 0.186. The molecule has 0 rings (SSSR count). The molecular weight excluding hydrogens is 122 g/mol. The molecule has 0 aliphatic carbocycles. The zero-order valence-corrected chi connectivity index (χ0v) is 7.60. The summed E-state index contributed by atoms with van der Waals surface area (Å²) in [6.07, 6.45) is 0. The normalized spacial score (nSPS) is 14.9. The highest BCUT2D eigenvalue weighted by molar-refractivity contribution is 4.94. The highest BCUT2D eigenvalue weighted by Crippen LogP contribution is 2.27. The highest BCUT2D eigenvalue weighted by Gasteiger charge is 2.33. The van der Waals surface area contributed by atoms with Crippen molar-refractivity contribution in [2.24, 2.45) is 11.8 Å². The van der Waals surface area contributed by atoms with Crippen LogP contribution in [0.2, 0.25) is 0 Å². The molecule has 0 radical (unpaired) electrons. The van der Waals surface area contributed by atoms with E-state index in [0.717, 1.165) is 0 Å². The van der Waals surface area contributed by atoms with E-state index in [1.807, 2.05) is 13.8 Å². The van der Waals surface area contributed by atoms with Gasteiger partial charge in [-0.15, -0.1) is 0 Å². The fraction of sp³-hybridized carbons (Fsp3) is 0.889. The molecule has 10 heavy (non-hydrogen) atoms. The van der Waals surface area contributed by atoms with E-state index in [0.29, 0.717) is 11.8 Å². The maximum atomic E-state index is 6.95. The summed E-state index contributed by atoms with van der Waals surface area (Å²) in [5.41, 5.74) is -0.186. The Balaban J connectivity index is 4.22. The van der Waals surface area contributed by atoms with E-state index in [1.165, 1.54) is 0 Å². The summed E-state index contributed by atoms with van der Waals surface area (Å²) in [4.78, 5) is 3.59. The molecule has 0 fully saturated rings. The molecule has 0 aromatic rings. The van der Waals surface area contributed by atoms with Crippen molar-refractivity contribution in [3.8, 4) is 0 Å². The largest absolute Gasteiger partial charge is 0.311 e. The Hall–Kier alpha value is -0.510. The van der Waals surface area contributed by atoms with Gasteiger partial charge < -0.3 is 4.85 Å². The van der Waals surface area contributed by atoms with Crippen molar-refractivity contribution in [1.29, 1.82) is 0 Å². The number of nitrogens with zero attached hydrogens (tertiary/aromatic N) is 1. The van der Waals surface area contributed by atoms with Crippen molar-refractivity contribution in [2.75, 3.05) is 0 Å². The number of hydrogen-bond acceptors (Lipinski definition) is 0. The van der Waals surface area contributed by atoms with Crippen LogP contribution in [0.5, 0.6) is 0 Å². The van der Waals surface area contributed by atoms with Gasteiger partial charge >= 0.3 is 0 Å². The van der Waals surface area contributed by atoms with Crippen LogP contribution in [-0.4, -0.2) is 5.54 Å². The molecule has 0 aromatic heterocycles. The zero-order chi connectivity index (χ0) is 8.36. The second kappa shape index (κ2) is 3.05. The standard InChI is InChI=1S/C9H17N/c1-7(2)8(3)9(4,5)10-6/h7-8H,1-5H3. The first-order valence-electron chi connectivity index (χ1n) is 3.80. The molecule has 1 heteroatoms. The second-order valence-corrected chi connectivity index (χ2v) is 3.80. The molecule has 1 atom stereocenters. The first kappa shape index (κ1) is 9.49. The summed E-state index contributed by atoms with van der Waals surface area (Å²) < 4.78 is 0. The molecule has 1 unspecified atom stereocenters. The van der Waals surface area contributed by atoms with Crippen molar-refractivity contribution >= 4 is 0 Å². The monoisotopic (exact) mass is 139 g/mol. The van der Waals surface area contributed by atoms with Crippen LogP contribution < -0.4 is 0 Å². The maximum absolute atomic E-state index is 6.95. The van der Waals surface area contributed by atoms with Crippen molar-refractivity contribution in [3.05, 3.63) is 11.4 Å². The minimum atomic E-state index is -0.186. The minimum Gasteiger partial charge on any atom is -0.311 e. The van der Waals surface area contributed by atoms with Gasteiger partial charge in [-0.1, -0.05) is 20.8 Å². The van der Waals surface area contributed by atoms with Gasteiger partial charge in [0.15, 0.2) is 0 Å². The Morgan fingerprint density at radius 1 is 1.20 bits per heavy atom. The first-order chi connectivity index (χ1) is 4.41. The topological polar surface area (TPSA) is 4.36 Å². The van der Waals surface area contributed by atoms with Crippen LogP contribution in [0.1, 0.15) is 34.6 Å². The molecule has 0 saturated heterocycles. The van der Waals surface area contributed by atoms with Crippen LogP contribution in [0, 0.1) is 18.4 Å². The molecule has 0 spiro atoms. The van der Waals surface area contributed by atoms with E-state index in [1.54, 1.807) is 0 Å². The molecule has 0 aromatic carbocycles. The Morgan fingerprint density at radius 2 is 1.60 bits per heavy atom. The fourth-order valence-electron chi connectivity index (χ4n) is 0.918. The van der Waals surface area contributed by atoms with E-state index in [-0.39, 0.29) is 5.54 Å². The summed E-state index contributed by atoms with van der Waals surface area (Å²) in [7, 11) is 0. The Labute approximate surface area is 64.3 Å². The van der Waals surface area contributed by atoms with Crippen molar-refractivity contribution in [2.45, 2.75) is 40.2 Å². The van der Waals surface area contributed by atoms with Crippen LogP contribution in [0.25, 0.3) is 4.85 Å². The molecule has 0 aliphatic rings. The van der Waals surface area contributed by atoms with Gasteiger partial charge in [0.1, 0.15) is 0 Å². The van der Waals surface area contributed by atoms with E-state index < -0.39 is 0 Å². The highest BCUT2D eigenvalue weighted by atomic mass is 14.8. The number of rotatable bonds is 2. The van der Waals surface area contributed by atoms with Crippen molar-refractivity contribution < 1.29 is 0 Å². The van der Waals surface area contributed by atoms with Crippen LogP contribution >= 0.6 is 0 Å². The lowest BCUT2D eigenvalue weighted by molar-refractivity contribution is 0.307. The predicted octanol–water partition coefficient (Wildman–Crippen LogP) is 2.98. The van der Waals surface area contributed by atoms with E-state index in [9.17, 15) is 0 Å². The van der Waals surface area contributed by atoms with Crippen LogP contribution in [0.4, 0.5) is 0 Å². The molecule has 0 aliphatic heterocycles. The smallest absolute Gasteiger partial charge is 0.229 e. The number of hydrogen-bond donors (Lipinski definition) is 0. The van der Waals surface area contributed by atoms with Crippen molar-refractivity contribution in [3.63, 3.8) is 0 Å². The van der Waals surface area contributed by atoms with Gasteiger partial charge in [-0.05, 0) is 5.92 Å². The molecule has 0 saturated carbocycles. The third kappa shape index (κ3) is 2.02. The quantitative estimate of drug-likeness (QED) is 0.518. The molecule has 0 bridgehead atoms. The Kier molecular flexibility index (Phi) is 2.90. The van der Waals surface area contributed by atoms with Gasteiger partial charge in [-0.2, -0.15) is 0 Å². The molecule has 58 valence electrons. The average Bonchev–Trinajstić information content (AvgIpc) is 1.86. The average molecular weight is 139 g/mol. The predicted molar refractivity (Wildman–Crippen MR) is 44.7 cm³/mol. The van der Waals surface area contributed by atoms with E-state index in [4.69, 9.17) is 6.57 Å². The summed E-state index contributed by atoms with van der Waals surface area (Å²) in [6, 6.07) is 0. The van der Waals surface area contributed by atoms with Gasteiger partial charge in [0, 0.05) is 19.8 Å². The summed E-state index contributed by atoms with van der Waals surface area (Å²) in [5, 5.41) is 0. The molecule has 0 heterocycles. The zero-order valence-electron chi connectivity index (χ0n) is 7.60. The molecular formula is C9H17N. The third-order valence-electron chi connectivity index (χ3n) is 2.40. The van der Waals surface area contributed by atoms with Gasteiger partial charge in [0.25, 0.3) is 0 Å². The lowest BCUT2D eigenvalue weighted by Gasteiger charge is -2.22. The van der Waals surface area contributed by atoms with Crippen molar-refractivity contribution in [1.82, 2.24) is 0 Å². The van der Waals surface area contributed by atoms with Crippen LogP contribution in [-0.2, 0) is 0 Å². The van der Waals surface area contributed by atoms with Gasteiger partial charge in [-0.3, -0.25) is 0 Å². The Morgan fingerprint density at radius 3 is 1.70 bits per heavy atom. The van der Waals surface area contributed by atoms with Crippen LogP contribution in [0.3, 0.4) is 0 Å². The first-order valence-corrected chi connectivity index (χ1v) is 3.80. The molecule has 0 N–H and O–H groups in total. The molecule has 1 nitrogen and oxygen atoms in total. The SMILES string of the molecule is [C-]#[N+]C(C)(C)C(C)C(C)C. The summed E-state index contributed by atoms with van der Waals surface area (Å²) in [6.45, 7) is 17.4. The lowest BCUT2D eigenvalue weighted by Crippen LogP contribution is -2.28. The third-order valence-corrected chi connectivity index (χ3v) is 2.40. The van der Waals surface area contributed by atoms with Crippen LogP contribution in [0.15, 0.2) is 0 Å². The van der Waals surface area contributed by atoms with Gasteiger partial charge in [-0.25, -0.2) is 6.57 Å². The summed E-state index contributed by atoms with van der Waals surface area (Å²) >= 11 is 0. The van der Waals surface area contributed by atoms with E-state index in [2.05, 4.69) is 25.6 Å².